The molecule has 28 heavy (non-hydrogen) atoms. The number of benzene rings is 2. The average Bonchev–Trinajstić information content (AvgIpc) is 3.07. The summed E-state index contributed by atoms with van der Waals surface area (Å²) < 4.78 is 14.2. The minimum absolute atomic E-state index is 0.136. The lowest BCUT2D eigenvalue weighted by molar-refractivity contribution is -0.138. The van der Waals surface area contributed by atoms with E-state index in [1.54, 1.807) is 0 Å². The summed E-state index contributed by atoms with van der Waals surface area (Å²) in [7, 11) is 0. The van der Waals surface area contributed by atoms with Crippen LogP contribution in [0.15, 0.2) is 48.5 Å². The molecule has 1 N–H and O–H groups in total. The highest BCUT2D eigenvalue weighted by Crippen LogP contribution is 2.44. The van der Waals surface area contributed by atoms with E-state index >= 15 is 0 Å². The Kier molecular flexibility index (Phi) is 4.97. The van der Waals surface area contributed by atoms with Crippen LogP contribution in [-0.4, -0.2) is 41.2 Å². The summed E-state index contributed by atoms with van der Waals surface area (Å²) >= 11 is 0. The van der Waals surface area contributed by atoms with E-state index in [0.29, 0.717) is 0 Å². The number of carboxylic acids is 1. The van der Waals surface area contributed by atoms with Crippen LogP contribution in [0.4, 0.5) is 4.79 Å². The van der Waals surface area contributed by atoms with Crippen molar-refractivity contribution in [2.24, 2.45) is 0 Å². The van der Waals surface area contributed by atoms with Crippen molar-refractivity contribution in [3.8, 4) is 11.1 Å². The van der Waals surface area contributed by atoms with Crippen molar-refractivity contribution < 1.29 is 20.8 Å². The molecule has 0 radical (unpaired) electrons. The Bertz CT molecular complexity index is 864. The van der Waals surface area contributed by atoms with Gasteiger partial charge >= 0.3 is 12.1 Å². The van der Waals surface area contributed by atoms with Crippen molar-refractivity contribution in [2.45, 2.75) is 44.1 Å². The van der Waals surface area contributed by atoms with Gasteiger partial charge in [0.2, 0.25) is 0 Å². The van der Waals surface area contributed by atoms with Crippen LogP contribution in [0.1, 0.15) is 50.5 Å². The van der Waals surface area contributed by atoms with E-state index in [4.69, 9.17) is 6.11 Å². The molecule has 5 nitrogen and oxygen atoms in total. The van der Waals surface area contributed by atoms with Crippen LogP contribution in [0.5, 0.6) is 0 Å². The number of nitrogens with zero attached hydrogens (tertiary/aromatic N) is 1. The maximum Gasteiger partial charge on any atom is 0.410 e. The second-order valence-electron chi connectivity index (χ2n) is 7.49. The SMILES string of the molecule is [2H]C(OC(=O)N(CC(=O)O)C1CCCCC1)C1c2ccccc2-c2ccccc21. The molecule has 0 aliphatic heterocycles. The lowest BCUT2D eigenvalue weighted by atomic mass is 9.94. The van der Waals surface area contributed by atoms with E-state index in [2.05, 4.69) is 0 Å². The Morgan fingerprint density at radius 3 is 2.14 bits per heavy atom. The number of carbonyl (C=O) groups is 2. The van der Waals surface area contributed by atoms with Crippen molar-refractivity contribution in [3.05, 3.63) is 59.7 Å². The van der Waals surface area contributed by atoms with Crippen LogP contribution in [0.3, 0.4) is 0 Å². The zero-order chi connectivity index (χ0) is 20.4. The van der Waals surface area contributed by atoms with Crippen molar-refractivity contribution in [3.63, 3.8) is 0 Å². The third kappa shape index (κ3) is 3.61. The highest BCUT2D eigenvalue weighted by molar-refractivity contribution is 5.79. The molecule has 0 spiro atoms. The highest BCUT2D eigenvalue weighted by Gasteiger charge is 2.32. The van der Waals surface area contributed by atoms with Gasteiger partial charge in [0.15, 0.2) is 0 Å². The Morgan fingerprint density at radius 1 is 1.00 bits per heavy atom. The minimum Gasteiger partial charge on any atom is -0.480 e. The van der Waals surface area contributed by atoms with Crippen LogP contribution in [0.2, 0.25) is 0 Å². The van der Waals surface area contributed by atoms with E-state index in [9.17, 15) is 14.7 Å². The van der Waals surface area contributed by atoms with E-state index in [1.807, 2.05) is 48.5 Å². The van der Waals surface area contributed by atoms with Gasteiger partial charge < -0.3 is 9.84 Å². The maximum absolute atomic E-state index is 12.9. The number of aliphatic carboxylic acids is 1. The topological polar surface area (TPSA) is 66.8 Å². The highest BCUT2D eigenvalue weighted by atomic mass is 16.6. The summed E-state index contributed by atoms with van der Waals surface area (Å²) in [6.45, 7) is -1.54. The first-order valence-corrected chi connectivity index (χ1v) is 9.86. The molecule has 5 heteroatoms. The summed E-state index contributed by atoms with van der Waals surface area (Å²) in [5, 5.41) is 9.27. The summed E-state index contributed by atoms with van der Waals surface area (Å²) in [6, 6.07) is 15.6. The summed E-state index contributed by atoms with van der Waals surface area (Å²) in [4.78, 5) is 25.5. The Hall–Kier alpha value is -2.82. The molecule has 2 aliphatic carbocycles. The molecule has 1 fully saturated rings. The van der Waals surface area contributed by atoms with Gasteiger partial charge in [0, 0.05) is 12.0 Å². The van der Waals surface area contributed by atoms with Gasteiger partial charge in [-0.2, -0.15) is 0 Å². The van der Waals surface area contributed by atoms with Crippen molar-refractivity contribution >= 4 is 12.1 Å². The fourth-order valence-electron chi connectivity index (χ4n) is 4.42. The maximum atomic E-state index is 12.9. The number of carbonyl (C=O) groups excluding carboxylic acids is 1. The molecular formula is C23H25NO4. The van der Waals surface area contributed by atoms with Gasteiger partial charge in [-0.25, -0.2) is 4.79 Å². The molecule has 2 aliphatic rings. The van der Waals surface area contributed by atoms with Gasteiger partial charge in [-0.15, -0.1) is 0 Å². The van der Waals surface area contributed by atoms with Crippen molar-refractivity contribution in [1.82, 2.24) is 4.90 Å². The van der Waals surface area contributed by atoms with E-state index < -0.39 is 25.2 Å². The number of ether oxygens (including phenoxy) is 1. The van der Waals surface area contributed by atoms with Gasteiger partial charge in [-0.3, -0.25) is 9.69 Å². The fourth-order valence-corrected chi connectivity index (χ4v) is 4.42. The first kappa shape index (κ1) is 17.3. The first-order chi connectivity index (χ1) is 14.1. The third-order valence-corrected chi connectivity index (χ3v) is 5.74. The molecule has 0 heterocycles. The molecule has 4 rings (SSSR count). The third-order valence-electron chi connectivity index (χ3n) is 5.74. The molecule has 1 saturated carbocycles. The number of carboxylic acid groups (broad SMARTS) is 1. The van der Waals surface area contributed by atoms with E-state index in [0.717, 1.165) is 54.4 Å². The molecule has 0 bridgehead atoms. The average molecular weight is 380 g/mol. The molecule has 146 valence electrons. The first-order valence-electron chi connectivity index (χ1n) is 10.4. The largest absolute Gasteiger partial charge is 0.480 e. The van der Waals surface area contributed by atoms with Gasteiger partial charge in [0.05, 0.1) is 1.37 Å². The zero-order valence-corrected chi connectivity index (χ0v) is 15.7. The standard InChI is InChI=1S/C23H25NO4/c25-22(26)14-24(16-8-2-1-3-9-16)23(27)28-15-21-19-12-6-4-10-17(19)18-11-5-7-13-20(18)21/h4-7,10-13,16,21H,1-3,8-9,14-15H2,(H,25,26)/i15D. The Morgan fingerprint density at radius 2 is 1.57 bits per heavy atom. The molecule has 1 unspecified atom stereocenters. The second kappa shape index (κ2) is 8.05. The predicted octanol–water partition coefficient (Wildman–Crippen LogP) is 4.65. The molecule has 2 aromatic carbocycles. The summed E-state index contributed by atoms with van der Waals surface area (Å²) in [6.07, 6.45) is 3.90. The molecule has 0 aromatic heterocycles. The minimum atomic E-state index is -1.15. The second-order valence-corrected chi connectivity index (χ2v) is 7.49. The summed E-state index contributed by atoms with van der Waals surface area (Å²) in [5.74, 6) is -1.45. The number of hydrogen-bond acceptors (Lipinski definition) is 3. The molecule has 0 saturated heterocycles. The van der Waals surface area contributed by atoms with Crippen LogP contribution in [-0.2, 0) is 9.53 Å². The fraction of sp³-hybridized carbons (Fsp3) is 0.391. The van der Waals surface area contributed by atoms with Gasteiger partial charge in [0.25, 0.3) is 0 Å². The van der Waals surface area contributed by atoms with Gasteiger partial charge in [0.1, 0.15) is 13.1 Å². The lowest BCUT2D eigenvalue weighted by Crippen LogP contribution is -2.45. The zero-order valence-electron chi connectivity index (χ0n) is 16.7. The Labute approximate surface area is 166 Å². The van der Waals surface area contributed by atoms with Crippen molar-refractivity contribution in [1.29, 1.82) is 0 Å². The number of hydrogen-bond donors (Lipinski definition) is 1. The quantitative estimate of drug-likeness (QED) is 0.820. The molecule has 1 amide bonds. The monoisotopic (exact) mass is 380 g/mol. The van der Waals surface area contributed by atoms with E-state index in [1.165, 1.54) is 4.90 Å². The van der Waals surface area contributed by atoms with Gasteiger partial charge in [-0.05, 0) is 35.1 Å². The van der Waals surface area contributed by atoms with Crippen LogP contribution >= 0.6 is 0 Å². The van der Waals surface area contributed by atoms with E-state index in [-0.39, 0.29) is 12.0 Å². The number of amides is 1. The van der Waals surface area contributed by atoms with Crippen molar-refractivity contribution in [2.75, 3.05) is 13.1 Å². The van der Waals surface area contributed by atoms with Gasteiger partial charge in [-0.1, -0.05) is 67.8 Å². The lowest BCUT2D eigenvalue weighted by Gasteiger charge is -2.32. The molecule has 1 atom stereocenters. The Balaban J connectivity index is 1.57. The number of rotatable bonds is 5. The number of fused-ring (bicyclic) bond motifs is 3. The molecular weight excluding hydrogens is 354 g/mol. The normalized spacial score (nSPS) is 17.9. The summed E-state index contributed by atoms with van der Waals surface area (Å²) in [5.41, 5.74) is 4.03. The predicted molar refractivity (Wildman–Crippen MR) is 106 cm³/mol. The van der Waals surface area contributed by atoms with Crippen LogP contribution in [0.25, 0.3) is 11.1 Å². The smallest absolute Gasteiger partial charge is 0.410 e. The van der Waals surface area contributed by atoms with Crippen LogP contribution < -0.4 is 0 Å². The van der Waals surface area contributed by atoms with Crippen LogP contribution in [0, 0.1) is 0 Å². The molecule has 2 aromatic rings.